The van der Waals surface area contributed by atoms with E-state index in [9.17, 15) is 32.7 Å². The number of allylic oxidation sites excluding steroid dienone is 2. The van der Waals surface area contributed by atoms with Gasteiger partial charge >= 0.3 is 6.18 Å². The fourth-order valence-corrected chi connectivity index (χ4v) is 10.3. The second-order valence-electron chi connectivity index (χ2n) is 16.1. The summed E-state index contributed by atoms with van der Waals surface area (Å²) < 4.78 is 51.5. The van der Waals surface area contributed by atoms with Gasteiger partial charge in [-0.3, -0.25) is 29.5 Å². The molecule has 4 aliphatic rings. The first-order valence-electron chi connectivity index (χ1n) is 20.2. The zero-order valence-corrected chi connectivity index (χ0v) is 35.5. The van der Waals surface area contributed by atoms with E-state index in [1.807, 2.05) is 24.3 Å². The van der Waals surface area contributed by atoms with Crippen molar-refractivity contribution in [3.63, 3.8) is 0 Å². The molecule has 0 bridgehead atoms. The molecule has 326 valence electrons. The van der Waals surface area contributed by atoms with E-state index in [-0.39, 0.29) is 24.4 Å². The van der Waals surface area contributed by atoms with E-state index >= 15 is 4.79 Å². The Balaban J connectivity index is 1.10. The maximum absolute atomic E-state index is 15.4. The molecule has 6 unspecified atom stereocenters. The lowest BCUT2D eigenvalue weighted by Gasteiger charge is -2.50. The summed E-state index contributed by atoms with van der Waals surface area (Å²) in [6, 6.07) is 25.7. The van der Waals surface area contributed by atoms with Crippen LogP contribution in [0, 0.1) is 23.7 Å². The van der Waals surface area contributed by atoms with Crippen LogP contribution in [0.4, 0.5) is 24.7 Å². The second kappa shape index (κ2) is 16.2. The number of methoxy groups -OCH3 is 2. The number of halogens is 5. The molecular formula is C48H37Cl2F3N4O7. The number of phenols is 1. The maximum Gasteiger partial charge on any atom is 0.417 e. The minimum atomic E-state index is -4.76. The predicted molar refractivity (Wildman–Crippen MR) is 232 cm³/mol. The summed E-state index contributed by atoms with van der Waals surface area (Å²) in [6.07, 6.45) is 1.50. The zero-order valence-electron chi connectivity index (χ0n) is 34.0. The van der Waals surface area contributed by atoms with Gasteiger partial charge in [-0.2, -0.15) is 18.2 Å². The number of imide groups is 2. The fraction of sp³-hybridized carbons (Fsp3) is 0.229. The number of amides is 4. The van der Waals surface area contributed by atoms with Crippen molar-refractivity contribution in [1.29, 1.82) is 0 Å². The number of ether oxygens (including phenoxy) is 2. The van der Waals surface area contributed by atoms with Crippen LogP contribution in [0.15, 0.2) is 115 Å². The Labute approximate surface area is 374 Å². The highest BCUT2D eigenvalue weighted by Crippen LogP contribution is 2.64. The number of nitrogens with one attached hydrogen (secondary N) is 1. The van der Waals surface area contributed by atoms with Crippen molar-refractivity contribution in [2.45, 2.75) is 30.4 Å². The number of anilines is 2. The van der Waals surface area contributed by atoms with Crippen molar-refractivity contribution in [3.05, 3.63) is 153 Å². The summed E-state index contributed by atoms with van der Waals surface area (Å²) in [5, 5.41) is 11.0. The number of hydrogen-bond donors (Lipinski definition) is 2. The molecule has 0 radical (unpaired) electrons. The number of hydrazine groups is 1. The third kappa shape index (κ3) is 6.96. The highest BCUT2D eigenvalue weighted by atomic mass is 35.5. The minimum absolute atomic E-state index is 0.0501. The zero-order chi connectivity index (χ0) is 45.2. The lowest BCUT2D eigenvalue weighted by atomic mass is 9.49. The normalized spacial score (nSPS) is 24.1. The SMILES string of the molecule is COc1ccc(OC)c(C=Cc2ccc(N3C(=O)C4CC=C5C(CC6C(=O)N(Nc7ncc(C(F)(F)F)cc7Cl)C(=O)C6(c6ccc(Cl)cc6)C5c5ccc(O)cc5)C4C3=O)cc2)c1. The van der Waals surface area contributed by atoms with Crippen molar-refractivity contribution in [2.75, 3.05) is 24.5 Å². The smallest absolute Gasteiger partial charge is 0.417 e. The predicted octanol–water partition coefficient (Wildman–Crippen LogP) is 9.49. The first-order chi connectivity index (χ1) is 30.6. The van der Waals surface area contributed by atoms with Gasteiger partial charge in [0, 0.05) is 22.7 Å². The van der Waals surface area contributed by atoms with Gasteiger partial charge in [0.05, 0.1) is 53.7 Å². The van der Waals surface area contributed by atoms with Crippen molar-refractivity contribution in [3.8, 4) is 17.2 Å². The van der Waals surface area contributed by atoms with E-state index in [0.717, 1.165) is 16.1 Å². The van der Waals surface area contributed by atoms with Crippen LogP contribution in [-0.2, 0) is 30.8 Å². The topological polar surface area (TPSA) is 138 Å². The number of phenolic OH excluding ortho intramolecular Hbond substituents is 1. The van der Waals surface area contributed by atoms with Crippen LogP contribution in [0.2, 0.25) is 10.0 Å². The van der Waals surface area contributed by atoms with Crippen LogP contribution in [0.3, 0.4) is 0 Å². The van der Waals surface area contributed by atoms with Gasteiger partial charge in [-0.15, -0.1) is 0 Å². The van der Waals surface area contributed by atoms with Crippen molar-refractivity contribution in [2.24, 2.45) is 23.7 Å². The van der Waals surface area contributed by atoms with Gasteiger partial charge < -0.3 is 14.6 Å². The molecule has 5 aromatic rings. The first kappa shape index (κ1) is 42.7. The highest BCUT2D eigenvalue weighted by molar-refractivity contribution is 6.33. The molecule has 1 aromatic heterocycles. The molecule has 6 atom stereocenters. The molecule has 16 heteroatoms. The number of hydrogen-bond acceptors (Lipinski definition) is 9. The Morgan fingerprint density at radius 1 is 0.844 bits per heavy atom. The summed E-state index contributed by atoms with van der Waals surface area (Å²) in [6.45, 7) is 0. The minimum Gasteiger partial charge on any atom is -0.508 e. The van der Waals surface area contributed by atoms with Gasteiger partial charge in [0.15, 0.2) is 5.82 Å². The van der Waals surface area contributed by atoms with Gasteiger partial charge in [-0.25, -0.2) is 4.98 Å². The average Bonchev–Trinajstić information content (AvgIpc) is 3.66. The number of rotatable bonds is 9. The van der Waals surface area contributed by atoms with Crippen LogP contribution in [-0.4, -0.2) is 52.9 Å². The van der Waals surface area contributed by atoms with Crippen LogP contribution in [0.1, 0.15) is 46.6 Å². The van der Waals surface area contributed by atoms with Crippen LogP contribution < -0.4 is 19.8 Å². The Hall–Kier alpha value is -6.64. The first-order valence-corrected chi connectivity index (χ1v) is 20.9. The summed E-state index contributed by atoms with van der Waals surface area (Å²) in [5.74, 6) is -6.00. The van der Waals surface area contributed by atoms with Gasteiger partial charge in [-0.05, 0) is 96.1 Å². The van der Waals surface area contributed by atoms with Gasteiger partial charge in [0.25, 0.3) is 11.8 Å². The van der Waals surface area contributed by atoms with E-state index in [4.69, 9.17) is 32.7 Å². The Morgan fingerprint density at radius 3 is 2.22 bits per heavy atom. The molecule has 11 nitrogen and oxygen atoms in total. The van der Waals surface area contributed by atoms with Crippen molar-refractivity contribution in [1.82, 2.24) is 9.99 Å². The van der Waals surface area contributed by atoms with E-state index < -0.39 is 75.4 Å². The molecular weight excluding hydrogens is 872 g/mol. The molecule has 4 aromatic carbocycles. The third-order valence-electron chi connectivity index (χ3n) is 12.8. The van der Waals surface area contributed by atoms with E-state index in [1.54, 1.807) is 87.0 Å². The maximum atomic E-state index is 15.4. The molecule has 4 amide bonds. The molecule has 2 aliphatic heterocycles. The van der Waals surface area contributed by atoms with Crippen LogP contribution in [0.5, 0.6) is 17.2 Å². The molecule has 9 rings (SSSR count). The number of benzene rings is 4. The Kier molecular flexibility index (Phi) is 10.8. The van der Waals surface area contributed by atoms with Crippen LogP contribution in [0.25, 0.3) is 12.2 Å². The second-order valence-corrected chi connectivity index (χ2v) is 16.9. The van der Waals surface area contributed by atoms with Gasteiger partial charge in [0.2, 0.25) is 11.8 Å². The molecule has 64 heavy (non-hydrogen) atoms. The van der Waals surface area contributed by atoms with Crippen molar-refractivity contribution >= 4 is 70.5 Å². The van der Waals surface area contributed by atoms with Gasteiger partial charge in [0.1, 0.15) is 17.2 Å². The van der Waals surface area contributed by atoms with Gasteiger partial charge in [-0.1, -0.05) is 83.4 Å². The number of nitrogens with zero attached hydrogens (tertiary/aromatic N) is 3. The highest BCUT2D eigenvalue weighted by Gasteiger charge is 2.70. The number of pyridine rings is 1. The summed E-state index contributed by atoms with van der Waals surface area (Å²) in [5.41, 5.74) is 3.31. The quantitative estimate of drug-likeness (QED) is 0.0842. The molecule has 3 fully saturated rings. The van der Waals surface area contributed by atoms with E-state index in [0.29, 0.717) is 51.2 Å². The number of aromatic hydroxyl groups is 1. The van der Waals surface area contributed by atoms with Crippen LogP contribution >= 0.6 is 23.2 Å². The summed E-state index contributed by atoms with van der Waals surface area (Å²) >= 11 is 12.6. The number of carbonyl (C=O) groups is 4. The lowest BCUT2D eigenvalue weighted by Crippen LogP contribution is -2.53. The largest absolute Gasteiger partial charge is 0.508 e. The lowest BCUT2D eigenvalue weighted by molar-refractivity contribution is -0.139. The number of aromatic nitrogens is 1. The average molecular weight is 910 g/mol. The Bertz CT molecular complexity index is 2780. The number of fused-ring (bicyclic) bond motifs is 4. The molecule has 0 spiro atoms. The van der Waals surface area contributed by atoms with E-state index in [2.05, 4.69) is 10.4 Å². The summed E-state index contributed by atoms with van der Waals surface area (Å²) in [7, 11) is 3.15. The fourth-order valence-electron chi connectivity index (χ4n) is 9.97. The van der Waals surface area contributed by atoms with Crippen molar-refractivity contribution < 1.29 is 46.9 Å². The standard InChI is InChI=1S/C48H37Cl2F3N4O7/c1-63-33-17-20-39(64-2)27(21-33)6-3-25-4-13-31(14-5-25)56-43(59)35-19-18-34-36(40(35)45(56)61)23-37-44(60)57(55-42-38(50)22-29(24-54-42)48(51,52)53)46(62)47(37,28-9-11-30(49)12-10-28)41(34)26-7-15-32(58)16-8-26/h3-18,20-22,24,35-37,40-41,58H,19,23H2,1-2H3,(H,54,55). The molecule has 2 aliphatic carbocycles. The van der Waals surface area contributed by atoms with E-state index in [1.165, 1.54) is 17.0 Å². The number of carbonyl (C=O) groups excluding carboxylic acids is 4. The third-order valence-corrected chi connectivity index (χ3v) is 13.4. The molecule has 3 heterocycles. The monoisotopic (exact) mass is 908 g/mol. The molecule has 1 saturated carbocycles. The number of alkyl halides is 3. The Morgan fingerprint density at radius 2 is 1.56 bits per heavy atom. The molecule has 2 N–H and O–H groups in total. The summed E-state index contributed by atoms with van der Waals surface area (Å²) in [4.78, 5) is 64.5. The molecule has 2 saturated heterocycles.